The molecule has 124 valence electrons. The second kappa shape index (κ2) is 10.1. The van der Waals surface area contributed by atoms with E-state index in [4.69, 9.17) is 11.2 Å². The first-order valence-electron chi connectivity index (χ1n) is 8.40. The Balaban J connectivity index is 2.42. The molecular weight excluding hydrogens is 280 g/mol. The Kier molecular flexibility index (Phi) is 8.45. The second-order valence-corrected chi connectivity index (χ2v) is 6.56. The lowest BCUT2D eigenvalue weighted by Crippen LogP contribution is -2.26. The molecule has 0 amide bonds. The molecule has 0 unspecified atom stereocenters. The van der Waals surface area contributed by atoms with Gasteiger partial charge in [-0.3, -0.25) is 0 Å². The van der Waals surface area contributed by atoms with Gasteiger partial charge in [0.05, 0.1) is 6.61 Å². The first kappa shape index (κ1) is 19.3. The Morgan fingerprint density at radius 3 is 2.43 bits per heavy atom. The molecule has 1 aromatic carbocycles. The molecule has 1 rings (SSSR count). The third kappa shape index (κ3) is 8.43. The largest absolute Gasteiger partial charge is 0.358 e. The van der Waals surface area contributed by atoms with Crippen LogP contribution in [0.15, 0.2) is 53.6 Å². The number of hydrogen-bond donors (Lipinski definition) is 0. The van der Waals surface area contributed by atoms with Gasteiger partial charge in [-0.1, -0.05) is 59.6 Å². The fourth-order valence-corrected chi connectivity index (χ4v) is 2.29. The van der Waals surface area contributed by atoms with Gasteiger partial charge in [0, 0.05) is 0 Å². The Morgan fingerprint density at radius 1 is 1.13 bits per heavy atom. The lowest BCUT2D eigenvalue weighted by atomic mass is 9.99. The maximum atomic E-state index is 5.98. The number of rotatable bonds is 9. The second-order valence-electron chi connectivity index (χ2n) is 6.56. The van der Waals surface area contributed by atoms with Gasteiger partial charge in [0.25, 0.3) is 0 Å². The molecule has 0 N–H and O–H groups in total. The number of terminal acetylenes is 1. The van der Waals surface area contributed by atoms with Crippen LogP contribution in [0.1, 0.15) is 58.9 Å². The van der Waals surface area contributed by atoms with Crippen molar-refractivity contribution in [2.24, 2.45) is 0 Å². The molecule has 0 radical (unpaired) electrons. The Bertz CT molecular complexity index is 555. The van der Waals surface area contributed by atoms with Crippen molar-refractivity contribution in [2.75, 3.05) is 0 Å². The smallest absolute Gasteiger partial charge is 0.126 e. The molecule has 1 heteroatoms. The number of ether oxygens (including phenoxy) is 1. The van der Waals surface area contributed by atoms with Crippen LogP contribution in [0.25, 0.3) is 0 Å². The third-order valence-electron chi connectivity index (χ3n) is 3.91. The standard InChI is InChI=1S/C22H30O/c1-6-22(5,23-18-21-15-8-7-9-16-21)17-11-14-20(4)13-10-12-19(2)3/h1,7-9,12,14-16H,10-11,13,17-18H2,2-5H3/b20-14+/t22-/m1/s1. The van der Waals surface area contributed by atoms with Crippen LogP contribution >= 0.6 is 0 Å². The molecule has 0 heterocycles. The van der Waals surface area contributed by atoms with Crippen LogP contribution in [0.2, 0.25) is 0 Å². The fraction of sp³-hybridized carbons (Fsp3) is 0.455. The van der Waals surface area contributed by atoms with E-state index in [0.29, 0.717) is 6.61 Å². The highest BCUT2D eigenvalue weighted by Gasteiger charge is 2.21. The van der Waals surface area contributed by atoms with E-state index >= 15 is 0 Å². The van der Waals surface area contributed by atoms with Gasteiger partial charge in [-0.2, -0.15) is 0 Å². The van der Waals surface area contributed by atoms with E-state index in [1.807, 2.05) is 25.1 Å². The van der Waals surface area contributed by atoms with E-state index in [9.17, 15) is 0 Å². The zero-order chi connectivity index (χ0) is 17.1. The van der Waals surface area contributed by atoms with E-state index in [1.54, 1.807) is 0 Å². The third-order valence-corrected chi connectivity index (χ3v) is 3.91. The summed E-state index contributed by atoms with van der Waals surface area (Å²) in [7, 11) is 0. The molecule has 0 aromatic heterocycles. The molecule has 0 fully saturated rings. The Labute approximate surface area is 142 Å². The summed E-state index contributed by atoms with van der Waals surface area (Å²) in [4.78, 5) is 0. The molecule has 23 heavy (non-hydrogen) atoms. The zero-order valence-corrected chi connectivity index (χ0v) is 15.1. The van der Waals surface area contributed by atoms with Gasteiger partial charge >= 0.3 is 0 Å². The summed E-state index contributed by atoms with van der Waals surface area (Å²) in [5.74, 6) is 2.82. The van der Waals surface area contributed by atoms with E-state index in [0.717, 1.165) is 31.2 Å². The highest BCUT2D eigenvalue weighted by molar-refractivity contribution is 5.15. The van der Waals surface area contributed by atoms with Gasteiger partial charge in [-0.05, 0) is 58.9 Å². The lowest BCUT2D eigenvalue weighted by molar-refractivity contribution is -0.00438. The van der Waals surface area contributed by atoms with Gasteiger partial charge in [0.15, 0.2) is 0 Å². The zero-order valence-electron chi connectivity index (χ0n) is 15.1. The van der Waals surface area contributed by atoms with Crippen LogP contribution in [0.3, 0.4) is 0 Å². The molecule has 0 saturated carbocycles. The van der Waals surface area contributed by atoms with Crippen molar-refractivity contribution >= 4 is 0 Å². The van der Waals surface area contributed by atoms with Gasteiger partial charge in [-0.15, -0.1) is 6.42 Å². The van der Waals surface area contributed by atoms with Gasteiger partial charge in [-0.25, -0.2) is 0 Å². The minimum Gasteiger partial charge on any atom is -0.358 e. The molecule has 0 bridgehead atoms. The molecule has 0 spiro atoms. The number of allylic oxidation sites excluding steroid dienone is 4. The highest BCUT2D eigenvalue weighted by Crippen LogP contribution is 2.20. The molecule has 1 nitrogen and oxygen atoms in total. The molecule has 0 aliphatic rings. The quantitative estimate of drug-likeness (QED) is 0.397. The monoisotopic (exact) mass is 310 g/mol. The van der Waals surface area contributed by atoms with Gasteiger partial charge in [0.1, 0.15) is 5.60 Å². The SMILES string of the molecule is C#C[C@](C)(CC/C=C(\C)CCC=C(C)C)OCc1ccccc1. The lowest BCUT2D eigenvalue weighted by Gasteiger charge is -2.24. The molecule has 0 aliphatic heterocycles. The van der Waals surface area contributed by atoms with Crippen molar-refractivity contribution < 1.29 is 4.74 Å². The van der Waals surface area contributed by atoms with Gasteiger partial charge < -0.3 is 4.74 Å². The molecular formula is C22H30O. The van der Waals surface area contributed by atoms with E-state index in [-0.39, 0.29) is 0 Å². The summed E-state index contributed by atoms with van der Waals surface area (Å²) in [5, 5.41) is 0. The summed E-state index contributed by atoms with van der Waals surface area (Å²) in [6.45, 7) is 9.03. The van der Waals surface area contributed by atoms with E-state index < -0.39 is 5.60 Å². The van der Waals surface area contributed by atoms with Crippen molar-refractivity contribution in [1.82, 2.24) is 0 Å². The van der Waals surface area contributed by atoms with Crippen LogP contribution in [0.5, 0.6) is 0 Å². The van der Waals surface area contributed by atoms with Crippen molar-refractivity contribution in [3.8, 4) is 12.3 Å². The summed E-state index contributed by atoms with van der Waals surface area (Å²) in [6.07, 6.45) is 14.3. The van der Waals surface area contributed by atoms with Crippen molar-refractivity contribution in [2.45, 2.75) is 65.6 Å². The van der Waals surface area contributed by atoms with Crippen molar-refractivity contribution in [3.63, 3.8) is 0 Å². The maximum Gasteiger partial charge on any atom is 0.126 e. The van der Waals surface area contributed by atoms with Crippen LogP contribution in [-0.2, 0) is 11.3 Å². The molecule has 1 aromatic rings. The van der Waals surface area contributed by atoms with Crippen LogP contribution in [-0.4, -0.2) is 5.60 Å². The molecule has 1 atom stereocenters. The normalized spacial score (nSPS) is 14.0. The Hall–Kier alpha value is -1.78. The topological polar surface area (TPSA) is 9.23 Å². The average molecular weight is 310 g/mol. The maximum absolute atomic E-state index is 5.98. The summed E-state index contributed by atoms with van der Waals surface area (Å²) >= 11 is 0. The summed E-state index contributed by atoms with van der Waals surface area (Å²) < 4.78 is 5.98. The van der Waals surface area contributed by atoms with Crippen LogP contribution in [0.4, 0.5) is 0 Å². The predicted molar refractivity (Wildman–Crippen MR) is 100 cm³/mol. The molecule has 0 aliphatic carbocycles. The summed E-state index contributed by atoms with van der Waals surface area (Å²) in [5.41, 5.74) is 3.45. The van der Waals surface area contributed by atoms with Crippen LogP contribution in [0, 0.1) is 12.3 Å². The molecule has 0 saturated heterocycles. The van der Waals surface area contributed by atoms with E-state index in [2.05, 4.69) is 51.0 Å². The number of benzene rings is 1. The van der Waals surface area contributed by atoms with Crippen molar-refractivity contribution in [1.29, 1.82) is 0 Å². The fourth-order valence-electron chi connectivity index (χ4n) is 2.29. The average Bonchev–Trinajstić information content (AvgIpc) is 2.53. The minimum absolute atomic E-state index is 0.507. The Morgan fingerprint density at radius 2 is 1.83 bits per heavy atom. The van der Waals surface area contributed by atoms with Gasteiger partial charge in [0.2, 0.25) is 0 Å². The minimum atomic E-state index is -0.507. The van der Waals surface area contributed by atoms with Crippen molar-refractivity contribution in [3.05, 3.63) is 59.2 Å². The van der Waals surface area contributed by atoms with Crippen LogP contribution < -0.4 is 0 Å². The highest BCUT2D eigenvalue weighted by atomic mass is 16.5. The first-order valence-corrected chi connectivity index (χ1v) is 8.40. The number of hydrogen-bond acceptors (Lipinski definition) is 1. The predicted octanol–water partition coefficient (Wildman–Crippen LogP) is 6.07. The van der Waals surface area contributed by atoms with E-state index in [1.165, 1.54) is 11.1 Å². The summed E-state index contributed by atoms with van der Waals surface area (Å²) in [6, 6.07) is 10.2. The first-order chi connectivity index (χ1) is 10.9.